The molecule has 0 saturated carbocycles. The maximum atomic E-state index is 13.1. The lowest BCUT2D eigenvalue weighted by atomic mass is 10.1. The molecule has 0 unspecified atom stereocenters. The molecule has 0 radical (unpaired) electrons. The predicted octanol–water partition coefficient (Wildman–Crippen LogP) is 2.69. The van der Waals surface area contributed by atoms with Crippen molar-refractivity contribution in [3.05, 3.63) is 70.2 Å². The van der Waals surface area contributed by atoms with E-state index in [0.29, 0.717) is 19.5 Å². The van der Waals surface area contributed by atoms with Crippen molar-refractivity contribution in [3.63, 3.8) is 0 Å². The van der Waals surface area contributed by atoms with Crippen LogP contribution in [0.1, 0.15) is 39.8 Å². The van der Waals surface area contributed by atoms with Crippen LogP contribution in [-0.4, -0.2) is 58.0 Å². The Kier molecular flexibility index (Phi) is 7.28. The Hall–Kier alpha value is -3.04. The van der Waals surface area contributed by atoms with Gasteiger partial charge in [0.15, 0.2) is 5.69 Å². The maximum absolute atomic E-state index is 13.1. The van der Waals surface area contributed by atoms with E-state index >= 15 is 0 Å². The molecule has 1 aromatic carbocycles. The lowest BCUT2D eigenvalue weighted by molar-refractivity contribution is -0.125. The Morgan fingerprint density at radius 2 is 2.06 bits per heavy atom. The van der Waals surface area contributed by atoms with Gasteiger partial charge >= 0.3 is 5.97 Å². The molecule has 0 aliphatic carbocycles. The largest absolute Gasteiger partial charge is 0.464 e. The molecule has 32 heavy (non-hydrogen) atoms. The molecule has 4 rings (SSSR count). The highest BCUT2D eigenvalue weighted by Crippen LogP contribution is 2.28. The van der Waals surface area contributed by atoms with Crippen LogP contribution in [0.5, 0.6) is 0 Å². The third-order valence-electron chi connectivity index (χ3n) is 5.73. The second-order valence-corrected chi connectivity index (χ2v) is 8.89. The number of hydrogen-bond donors (Lipinski definition) is 1. The summed E-state index contributed by atoms with van der Waals surface area (Å²) >= 11 is 1.63. The normalized spacial score (nSPS) is 18.5. The number of aryl methyl sites for hydroxylation is 1. The maximum Gasteiger partial charge on any atom is 0.360 e. The minimum absolute atomic E-state index is 0.0221. The quantitative estimate of drug-likeness (QED) is 0.501. The first-order valence-electron chi connectivity index (χ1n) is 10.7. The molecule has 168 valence electrons. The highest BCUT2D eigenvalue weighted by molar-refractivity contribution is 7.09. The van der Waals surface area contributed by atoms with Gasteiger partial charge in [-0.2, -0.15) is 0 Å². The van der Waals surface area contributed by atoms with Crippen LogP contribution < -0.4 is 5.32 Å². The second kappa shape index (κ2) is 10.5. The SMILES string of the molecule is COC(=O)c1cn([C@@H]2C[C@@H](C(=O)NCc3cccs3)N(CCCc3ccccc3)C2)nn1. The highest BCUT2D eigenvalue weighted by atomic mass is 32.1. The minimum atomic E-state index is -0.515. The first-order chi connectivity index (χ1) is 15.6. The number of esters is 1. The molecule has 1 saturated heterocycles. The summed E-state index contributed by atoms with van der Waals surface area (Å²) in [6.45, 7) is 2.02. The fourth-order valence-electron chi connectivity index (χ4n) is 4.08. The molecule has 3 heterocycles. The molecule has 1 fully saturated rings. The van der Waals surface area contributed by atoms with Crippen molar-refractivity contribution in [2.45, 2.75) is 37.9 Å². The van der Waals surface area contributed by atoms with E-state index in [4.69, 9.17) is 4.74 Å². The molecule has 9 heteroatoms. The molecule has 1 N–H and O–H groups in total. The van der Waals surface area contributed by atoms with Crippen LogP contribution in [0.4, 0.5) is 0 Å². The molecule has 8 nitrogen and oxygen atoms in total. The summed E-state index contributed by atoms with van der Waals surface area (Å²) in [6, 6.07) is 14.1. The number of aromatic nitrogens is 3. The van der Waals surface area contributed by atoms with Crippen LogP contribution in [0.15, 0.2) is 54.0 Å². The van der Waals surface area contributed by atoms with Gasteiger partial charge in [-0.3, -0.25) is 9.69 Å². The van der Waals surface area contributed by atoms with E-state index in [-0.39, 0.29) is 23.7 Å². The van der Waals surface area contributed by atoms with Gasteiger partial charge in [-0.15, -0.1) is 16.4 Å². The number of likely N-dealkylation sites (tertiary alicyclic amines) is 1. The number of ether oxygens (including phenoxy) is 1. The van der Waals surface area contributed by atoms with Crippen molar-refractivity contribution in [3.8, 4) is 0 Å². The van der Waals surface area contributed by atoms with Crippen molar-refractivity contribution in [2.24, 2.45) is 0 Å². The van der Waals surface area contributed by atoms with E-state index < -0.39 is 5.97 Å². The van der Waals surface area contributed by atoms with Gasteiger partial charge < -0.3 is 10.1 Å². The average molecular weight is 454 g/mol. The summed E-state index contributed by atoms with van der Waals surface area (Å²) in [4.78, 5) is 28.1. The van der Waals surface area contributed by atoms with E-state index in [1.165, 1.54) is 12.7 Å². The van der Waals surface area contributed by atoms with Crippen LogP contribution in [0.25, 0.3) is 0 Å². The smallest absolute Gasteiger partial charge is 0.360 e. The third-order valence-corrected chi connectivity index (χ3v) is 6.61. The average Bonchev–Trinajstić information content (AvgIpc) is 3.58. The lowest BCUT2D eigenvalue weighted by Crippen LogP contribution is -2.43. The topological polar surface area (TPSA) is 89.4 Å². The van der Waals surface area contributed by atoms with Crippen molar-refractivity contribution in [2.75, 3.05) is 20.2 Å². The van der Waals surface area contributed by atoms with E-state index in [9.17, 15) is 9.59 Å². The molecular weight excluding hydrogens is 426 g/mol. The van der Waals surface area contributed by atoms with Crippen molar-refractivity contribution < 1.29 is 14.3 Å². The Morgan fingerprint density at radius 3 is 2.81 bits per heavy atom. The summed E-state index contributed by atoms with van der Waals surface area (Å²) in [5.74, 6) is -0.492. The molecule has 1 aliphatic rings. The number of hydrogen-bond acceptors (Lipinski definition) is 7. The van der Waals surface area contributed by atoms with Gasteiger partial charge in [-0.25, -0.2) is 9.48 Å². The van der Waals surface area contributed by atoms with Crippen molar-refractivity contribution in [1.82, 2.24) is 25.2 Å². The lowest BCUT2D eigenvalue weighted by Gasteiger charge is -2.23. The zero-order valence-electron chi connectivity index (χ0n) is 18.0. The molecule has 1 amide bonds. The number of rotatable bonds is 9. The van der Waals surface area contributed by atoms with Crippen LogP contribution >= 0.6 is 11.3 Å². The fourth-order valence-corrected chi connectivity index (χ4v) is 4.72. The summed E-state index contributed by atoms with van der Waals surface area (Å²) in [6.07, 6.45) is 4.13. The van der Waals surface area contributed by atoms with E-state index in [1.807, 2.05) is 35.7 Å². The van der Waals surface area contributed by atoms with Gasteiger partial charge in [-0.05, 0) is 42.8 Å². The number of nitrogens with one attached hydrogen (secondary N) is 1. The van der Waals surface area contributed by atoms with Gasteiger partial charge in [0, 0.05) is 11.4 Å². The summed E-state index contributed by atoms with van der Waals surface area (Å²) < 4.78 is 6.41. The second-order valence-electron chi connectivity index (χ2n) is 7.86. The Bertz CT molecular complexity index is 1020. The number of benzene rings is 1. The standard InChI is InChI=1S/C23H27N5O3S/c1-31-23(30)20-16-28(26-25-20)18-13-21(22(29)24-14-19-10-6-12-32-19)27(15-18)11-5-9-17-7-3-2-4-8-17/h2-4,6-8,10,12,16,18,21H,5,9,11,13-15H2,1H3,(H,24,29)/t18-,21+/m1/s1. The first kappa shape index (κ1) is 22.2. The summed E-state index contributed by atoms with van der Waals surface area (Å²) in [5.41, 5.74) is 1.47. The number of nitrogens with zero attached hydrogens (tertiary/aromatic N) is 4. The van der Waals surface area contributed by atoms with Gasteiger partial charge in [-0.1, -0.05) is 41.6 Å². The first-order valence-corrected chi connectivity index (χ1v) is 11.6. The van der Waals surface area contributed by atoms with Gasteiger partial charge in [0.2, 0.25) is 5.91 Å². The van der Waals surface area contributed by atoms with Gasteiger partial charge in [0.05, 0.1) is 31.9 Å². The molecule has 1 aliphatic heterocycles. The molecular formula is C23H27N5O3S. The van der Waals surface area contributed by atoms with Crippen LogP contribution in [0, 0.1) is 0 Å². The number of carbonyl (C=O) groups is 2. The summed E-state index contributed by atoms with van der Waals surface area (Å²) in [5, 5.41) is 13.1. The van der Waals surface area contributed by atoms with Crippen molar-refractivity contribution >= 4 is 23.2 Å². The molecule has 3 aromatic rings. The van der Waals surface area contributed by atoms with E-state index in [2.05, 4.69) is 32.7 Å². The van der Waals surface area contributed by atoms with Gasteiger partial charge in [0.1, 0.15) is 0 Å². The predicted molar refractivity (Wildman–Crippen MR) is 121 cm³/mol. The molecule has 0 spiro atoms. The number of thiophene rings is 1. The van der Waals surface area contributed by atoms with Crippen LogP contribution in [-0.2, 0) is 22.5 Å². The van der Waals surface area contributed by atoms with Crippen LogP contribution in [0.3, 0.4) is 0 Å². The monoisotopic (exact) mass is 453 g/mol. The highest BCUT2D eigenvalue weighted by Gasteiger charge is 2.38. The Morgan fingerprint density at radius 1 is 1.22 bits per heavy atom. The van der Waals surface area contributed by atoms with Crippen LogP contribution in [0.2, 0.25) is 0 Å². The Labute approximate surface area is 191 Å². The number of amides is 1. The minimum Gasteiger partial charge on any atom is -0.464 e. The van der Waals surface area contributed by atoms with E-state index in [0.717, 1.165) is 24.3 Å². The van der Waals surface area contributed by atoms with E-state index in [1.54, 1.807) is 22.2 Å². The zero-order chi connectivity index (χ0) is 22.3. The third kappa shape index (κ3) is 5.41. The number of carbonyl (C=O) groups excluding carboxylic acids is 2. The summed E-state index contributed by atoms with van der Waals surface area (Å²) in [7, 11) is 1.32. The van der Waals surface area contributed by atoms with Gasteiger partial charge in [0.25, 0.3) is 0 Å². The fraction of sp³-hybridized carbons (Fsp3) is 0.391. The zero-order valence-corrected chi connectivity index (χ0v) is 18.8. The number of methoxy groups -OCH3 is 1. The Balaban J connectivity index is 1.42. The molecule has 0 bridgehead atoms. The molecule has 2 atom stereocenters. The van der Waals surface area contributed by atoms with Crippen molar-refractivity contribution in [1.29, 1.82) is 0 Å². The molecule has 2 aromatic heterocycles.